The zero-order valence-electron chi connectivity index (χ0n) is 17.1. The highest BCUT2D eigenvalue weighted by molar-refractivity contribution is 8.01. The molecule has 2 heterocycles. The number of hydrogen-bond donors (Lipinski definition) is 1. The number of esters is 1. The zero-order valence-corrected chi connectivity index (χ0v) is 17.9. The minimum Gasteiger partial charge on any atom is -0.493 e. The van der Waals surface area contributed by atoms with Crippen molar-refractivity contribution < 1.29 is 37.1 Å². The van der Waals surface area contributed by atoms with Crippen molar-refractivity contribution in [3.8, 4) is 22.9 Å². The Morgan fingerprint density at radius 3 is 2.85 bits per heavy atom. The van der Waals surface area contributed by atoms with Crippen molar-refractivity contribution in [2.24, 2.45) is 0 Å². The van der Waals surface area contributed by atoms with Gasteiger partial charge in [-0.15, -0.1) is 11.8 Å². The Morgan fingerprint density at radius 1 is 1.24 bits per heavy atom. The van der Waals surface area contributed by atoms with Gasteiger partial charge in [0.1, 0.15) is 0 Å². The normalized spacial score (nSPS) is 15.0. The van der Waals surface area contributed by atoms with Crippen molar-refractivity contribution in [1.82, 2.24) is 10.1 Å². The summed E-state index contributed by atoms with van der Waals surface area (Å²) in [5, 5.41) is 5.94. The minimum atomic E-state index is -3.00. The first-order valence-corrected chi connectivity index (χ1v) is 10.5. The lowest BCUT2D eigenvalue weighted by Gasteiger charge is -2.23. The van der Waals surface area contributed by atoms with Crippen LogP contribution in [0.1, 0.15) is 12.3 Å². The van der Waals surface area contributed by atoms with E-state index in [-0.39, 0.29) is 42.1 Å². The maximum absolute atomic E-state index is 12.5. The number of alkyl halides is 2. The first-order chi connectivity index (χ1) is 15.9. The van der Waals surface area contributed by atoms with E-state index in [0.29, 0.717) is 11.3 Å². The van der Waals surface area contributed by atoms with Gasteiger partial charge in [0, 0.05) is 10.5 Å². The molecule has 0 aliphatic carbocycles. The summed E-state index contributed by atoms with van der Waals surface area (Å²) in [6.07, 6.45) is -0.130. The summed E-state index contributed by atoms with van der Waals surface area (Å²) < 4.78 is 44.6. The number of fused-ring (bicyclic) bond motifs is 1. The van der Waals surface area contributed by atoms with Gasteiger partial charge < -0.3 is 24.1 Å². The highest BCUT2D eigenvalue weighted by Gasteiger charge is 2.29. The molecule has 1 aliphatic heterocycles. The Bertz CT molecular complexity index is 1170. The maximum atomic E-state index is 12.5. The number of aromatic nitrogens is 2. The molecule has 9 nitrogen and oxygen atoms in total. The fourth-order valence-corrected chi connectivity index (χ4v) is 4.11. The van der Waals surface area contributed by atoms with Crippen LogP contribution in [-0.2, 0) is 20.9 Å². The Balaban J connectivity index is 1.35. The predicted octanol–water partition coefficient (Wildman–Crippen LogP) is 3.89. The van der Waals surface area contributed by atoms with E-state index in [1.807, 2.05) is 18.2 Å². The second-order valence-corrected chi connectivity index (χ2v) is 7.96. The average Bonchev–Trinajstić information content (AvgIpc) is 3.27. The molecule has 1 N–H and O–H groups in total. The van der Waals surface area contributed by atoms with E-state index in [1.54, 1.807) is 6.07 Å². The number of methoxy groups -OCH3 is 1. The van der Waals surface area contributed by atoms with Crippen LogP contribution in [0, 0.1) is 0 Å². The molecule has 0 bridgehead atoms. The van der Waals surface area contributed by atoms with E-state index in [9.17, 15) is 18.4 Å². The number of halogens is 2. The van der Waals surface area contributed by atoms with Crippen molar-refractivity contribution in [2.45, 2.75) is 29.8 Å². The number of rotatable bonds is 8. The summed E-state index contributed by atoms with van der Waals surface area (Å²) in [4.78, 5) is 29.4. The number of ether oxygens (including phenoxy) is 3. The second-order valence-electron chi connectivity index (χ2n) is 6.71. The molecule has 33 heavy (non-hydrogen) atoms. The largest absolute Gasteiger partial charge is 0.493 e. The van der Waals surface area contributed by atoms with E-state index in [2.05, 4.69) is 20.2 Å². The molecule has 0 radical (unpaired) electrons. The van der Waals surface area contributed by atoms with Crippen molar-refractivity contribution in [1.29, 1.82) is 0 Å². The fourth-order valence-electron chi connectivity index (χ4n) is 3.01. The summed E-state index contributed by atoms with van der Waals surface area (Å²) >= 11 is 1.29. The number of para-hydroxylation sites is 1. The van der Waals surface area contributed by atoms with E-state index < -0.39 is 17.8 Å². The monoisotopic (exact) mass is 477 g/mol. The van der Waals surface area contributed by atoms with Crippen LogP contribution >= 0.6 is 11.8 Å². The van der Waals surface area contributed by atoms with Crippen molar-refractivity contribution >= 4 is 29.3 Å². The molecular weight excluding hydrogens is 460 g/mol. The van der Waals surface area contributed by atoms with Gasteiger partial charge in [0.05, 0.1) is 24.5 Å². The number of carbonyl (C=O) groups is 2. The third kappa shape index (κ3) is 5.40. The molecular formula is C21H17F2N3O6S. The summed E-state index contributed by atoms with van der Waals surface area (Å²) in [5.74, 6) is -0.782. The van der Waals surface area contributed by atoms with Crippen molar-refractivity contribution in [3.05, 3.63) is 48.4 Å². The highest BCUT2D eigenvalue weighted by Crippen LogP contribution is 2.37. The molecule has 1 aromatic heterocycles. The lowest BCUT2D eigenvalue weighted by molar-refractivity contribution is -0.146. The third-order valence-corrected chi connectivity index (χ3v) is 5.80. The molecule has 1 amide bonds. The summed E-state index contributed by atoms with van der Waals surface area (Å²) in [7, 11) is 1.31. The molecule has 0 spiro atoms. The number of anilines is 1. The minimum absolute atomic E-state index is 0.0244. The summed E-state index contributed by atoms with van der Waals surface area (Å²) in [6.45, 7) is -3.28. The van der Waals surface area contributed by atoms with Gasteiger partial charge >= 0.3 is 12.6 Å². The Morgan fingerprint density at radius 2 is 2.06 bits per heavy atom. The Hall–Kier alpha value is -3.67. The first-order valence-electron chi connectivity index (χ1n) is 9.61. The van der Waals surface area contributed by atoms with Crippen LogP contribution in [-0.4, -0.2) is 41.0 Å². The number of amides is 1. The van der Waals surface area contributed by atoms with Gasteiger partial charge in [0.2, 0.25) is 11.7 Å². The van der Waals surface area contributed by atoms with Crippen molar-refractivity contribution in [3.63, 3.8) is 0 Å². The van der Waals surface area contributed by atoms with E-state index in [4.69, 9.17) is 14.0 Å². The average molecular weight is 477 g/mol. The molecule has 0 fully saturated rings. The molecule has 2 aromatic carbocycles. The molecule has 0 saturated heterocycles. The van der Waals surface area contributed by atoms with E-state index in [0.717, 1.165) is 4.90 Å². The van der Waals surface area contributed by atoms with Gasteiger partial charge in [0.15, 0.2) is 18.1 Å². The van der Waals surface area contributed by atoms with E-state index >= 15 is 0 Å². The summed E-state index contributed by atoms with van der Waals surface area (Å²) in [5.41, 5.74) is 1.13. The van der Waals surface area contributed by atoms with Crippen molar-refractivity contribution in [2.75, 3.05) is 12.4 Å². The van der Waals surface area contributed by atoms with Gasteiger partial charge in [-0.25, -0.2) is 0 Å². The molecule has 4 rings (SSSR count). The number of nitrogens with one attached hydrogen (secondary N) is 1. The lowest BCUT2D eigenvalue weighted by Crippen LogP contribution is -2.31. The molecule has 12 heteroatoms. The van der Waals surface area contributed by atoms with Gasteiger partial charge in [-0.05, 0) is 30.3 Å². The number of benzene rings is 2. The fraction of sp³-hybridized carbons (Fsp3) is 0.238. The quantitative estimate of drug-likeness (QED) is 0.483. The maximum Gasteiger partial charge on any atom is 0.387 e. The van der Waals surface area contributed by atoms with Crippen LogP contribution < -0.4 is 14.8 Å². The van der Waals surface area contributed by atoms with Gasteiger partial charge in [-0.3, -0.25) is 9.59 Å². The predicted molar refractivity (Wildman–Crippen MR) is 112 cm³/mol. The number of nitrogens with zero attached hydrogens (tertiary/aromatic N) is 2. The first kappa shape index (κ1) is 22.5. The van der Waals surface area contributed by atoms with Crippen LogP contribution in [0.25, 0.3) is 11.4 Å². The highest BCUT2D eigenvalue weighted by atomic mass is 32.2. The number of hydrogen-bond acceptors (Lipinski definition) is 9. The topological polar surface area (TPSA) is 113 Å². The van der Waals surface area contributed by atoms with Crippen LogP contribution in [0.15, 0.2) is 51.9 Å². The Labute approximate surface area is 190 Å². The SMILES string of the molecule is COc1cc(-c2noc(COC(=O)CC3Sc4ccccc4NC3=O)n2)ccc1OC(F)F. The van der Waals surface area contributed by atoms with Gasteiger partial charge in [-0.2, -0.15) is 13.8 Å². The van der Waals surface area contributed by atoms with Crippen LogP contribution in [0.5, 0.6) is 11.5 Å². The molecule has 172 valence electrons. The van der Waals surface area contributed by atoms with Gasteiger partial charge in [0.25, 0.3) is 5.89 Å². The molecule has 0 saturated carbocycles. The smallest absolute Gasteiger partial charge is 0.387 e. The number of carbonyl (C=O) groups excluding carboxylic acids is 2. The molecule has 1 unspecified atom stereocenters. The van der Waals surface area contributed by atoms with Crippen LogP contribution in [0.3, 0.4) is 0 Å². The van der Waals surface area contributed by atoms with Crippen LogP contribution in [0.4, 0.5) is 14.5 Å². The molecule has 1 aliphatic rings. The van der Waals surface area contributed by atoms with E-state index in [1.165, 1.54) is 37.1 Å². The standard InChI is InChI=1S/C21H17F2N3O6S/c1-29-14-8-11(6-7-13(14)31-21(22)23)19-25-17(32-26-19)10-30-18(27)9-16-20(28)24-12-4-2-3-5-15(12)33-16/h2-8,16,21H,9-10H2,1H3,(H,24,28). The van der Waals surface area contributed by atoms with Gasteiger partial charge in [-0.1, -0.05) is 17.3 Å². The van der Waals surface area contributed by atoms with Crippen LogP contribution in [0.2, 0.25) is 0 Å². The summed E-state index contributed by atoms with van der Waals surface area (Å²) in [6, 6.07) is 11.5. The second kappa shape index (κ2) is 9.86. The lowest BCUT2D eigenvalue weighted by atomic mass is 10.2. The molecule has 3 aromatic rings. The zero-order chi connectivity index (χ0) is 23.4. The Kier molecular flexibility index (Phi) is 6.73. The third-order valence-electron chi connectivity index (χ3n) is 4.52. The number of thioether (sulfide) groups is 1. The molecule has 1 atom stereocenters.